The molecule has 4 rings (SSSR count). The van der Waals surface area contributed by atoms with Crippen molar-refractivity contribution in [2.24, 2.45) is 0 Å². The van der Waals surface area contributed by atoms with E-state index < -0.39 is 0 Å². The van der Waals surface area contributed by atoms with Gasteiger partial charge in [-0.25, -0.2) is 9.67 Å². The summed E-state index contributed by atoms with van der Waals surface area (Å²) < 4.78 is 12.3. The van der Waals surface area contributed by atoms with E-state index in [2.05, 4.69) is 20.3 Å². The van der Waals surface area contributed by atoms with E-state index in [1.54, 1.807) is 10.9 Å². The van der Waals surface area contributed by atoms with Gasteiger partial charge in [0, 0.05) is 25.0 Å². The van der Waals surface area contributed by atoms with Gasteiger partial charge in [0.05, 0.1) is 37.9 Å². The molecule has 0 atom stereocenters. The average Bonchev–Trinajstić information content (AvgIpc) is 3.36. The van der Waals surface area contributed by atoms with Crippen molar-refractivity contribution in [1.82, 2.24) is 19.7 Å². The summed E-state index contributed by atoms with van der Waals surface area (Å²) in [7, 11) is 1.52. The standard InChI is InChI=1S/C19H21N5O3S/c1-26-16-12-24(15-5-3-2-4-6-15)22-17(16)18(25)21-19-20-14(13-28-19)11-23-7-9-27-10-8-23/h2-6,12-13H,7-11H2,1H3,(H,20,21,25). The minimum atomic E-state index is -0.348. The lowest BCUT2D eigenvalue weighted by Crippen LogP contribution is -2.35. The SMILES string of the molecule is COc1cn(-c2ccccc2)nc1C(=O)Nc1nc(CN2CCOCC2)cs1. The van der Waals surface area contributed by atoms with Crippen LogP contribution in [-0.2, 0) is 11.3 Å². The zero-order chi connectivity index (χ0) is 19.3. The Bertz CT molecular complexity index is 934. The summed E-state index contributed by atoms with van der Waals surface area (Å²) in [5.41, 5.74) is 2.00. The van der Waals surface area contributed by atoms with Crippen molar-refractivity contribution < 1.29 is 14.3 Å². The van der Waals surface area contributed by atoms with Crippen LogP contribution in [-0.4, -0.2) is 59.0 Å². The molecule has 8 nitrogen and oxygen atoms in total. The highest BCUT2D eigenvalue weighted by Crippen LogP contribution is 2.22. The molecule has 3 heterocycles. The Balaban J connectivity index is 1.45. The second-order valence-electron chi connectivity index (χ2n) is 6.31. The highest BCUT2D eigenvalue weighted by Gasteiger charge is 2.20. The van der Waals surface area contributed by atoms with Gasteiger partial charge < -0.3 is 9.47 Å². The first-order valence-corrected chi connectivity index (χ1v) is 9.86. The van der Waals surface area contributed by atoms with Crippen molar-refractivity contribution in [3.8, 4) is 11.4 Å². The molecule has 1 saturated heterocycles. The molecule has 0 saturated carbocycles. The van der Waals surface area contributed by atoms with Gasteiger partial charge in [-0.1, -0.05) is 18.2 Å². The van der Waals surface area contributed by atoms with Crippen molar-refractivity contribution in [1.29, 1.82) is 0 Å². The normalized spacial score (nSPS) is 14.8. The Hall–Kier alpha value is -2.75. The molecule has 0 bridgehead atoms. The van der Waals surface area contributed by atoms with E-state index in [9.17, 15) is 4.79 Å². The van der Waals surface area contributed by atoms with Crippen LogP contribution in [0.15, 0.2) is 41.9 Å². The Morgan fingerprint density at radius 1 is 1.29 bits per heavy atom. The number of aromatic nitrogens is 3. The molecule has 1 aliphatic heterocycles. The van der Waals surface area contributed by atoms with E-state index in [0.29, 0.717) is 10.9 Å². The van der Waals surface area contributed by atoms with E-state index in [1.807, 2.05) is 35.7 Å². The first-order chi connectivity index (χ1) is 13.7. The van der Waals surface area contributed by atoms with Gasteiger partial charge in [-0.3, -0.25) is 15.0 Å². The number of nitrogens with zero attached hydrogens (tertiary/aromatic N) is 4. The second kappa shape index (κ2) is 8.51. The van der Waals surface area contributed by atoms with Crippen LogP contribution < -0.4 is 10.1 Å². The lowest BCUT2D eigenvalue weighted by molar-refractivity contribution is 0.0337. The van der Waals surface area contributed by atoms with Gasteiger partial charge in [-0.2, -0.15) is 5.10 Å². The number of amides is 1. The Morgan fingerprint density at radius 3 is 2.82 bits per heavy atom. The maximum Gasteiger partial charge on any atom is 0.281 e. The van der Waals surface area contributed by atoms with Crippen LogP contribution in [0.3, 0.4) is 0 Å². The molecule has 28 heavy (non-hydrogen) atoms. The number of carbonyl (C=O) groups is 1. The summed E-state index contributed by atoms with van der Waals surface area (Å²) in [4.78, 5) is 19.5. The maximum atomic E-state index is 12.7. The number of para-hydroxylation sites is 1. The van der Waals surface area contributed by atoms with E-state index >= 15 is 0 Å². The molecule has 0 spiro atoms. The van der Waals surface area contributed by atoms with E-state index in [-0.39, 0.29) is 11.6 Å². The Labute approximate surface area is 166 Å². The number of rotatable bonds is 6. The fraction of sp³-hybridized carbons (Fsp3) is 0.316. The van der Waals surface area contributed by atoms with Crippen molar-refractivity contribution in [3.05, 3.63) is 53.3 Å². The number of nitrogens with one attached hydrogen (secondary N) is 1. The molecule has 0 aliphatic carbocycles. The molecular formula is C19H21N5O3S. The first kappa shape index (κ1) is 18.6. The van der Waals surface area contributed by atoms with Gasteiger partial charge >= 0.3 is 0 Å². The van der Waals surface area contributed by atoms with Gasteiger partial charge in [-0.05, 0) is 12.1 Å². The Morgan fingerprint density at radius 2 is 2.07 bits per heavy atom. The van der Waals surface area contributed by atoms with Crippen LogP contribution >= 0.6 is 11.3 Å². The molecule has 1 aromatic carbocycles. The zero-order valence-electron chi connectivity index (χ0n) is 15.5. The summed E-state index contributed by atoms with van der Waals surface area (Å²) >= 11 is 1.40. The number of thiazole rings is 1. The lowest BCUT2D eigenvalue weighted by Gasteiger charge is -2.25. The minimum Gasteiger partial charge on any atom is -0.493 e. The van der Waals surface area contributed by atoms with Crippen LogP contribution in [0.25, 0.3) is 5.69 Å². The number of methoxy groups -OCH3 is 1. The number of hydrogen-bond acceptors (Lipinski definition) is 7. The lowest BCUT2D eigenvalue weighted by atomic mass is 10.3. The molecule has 2 aromatic heterocycles. The molecule has 9 heteroatoms. The number of ether oxygens (including phenoxy) is 2. The maximum absolute atomic E-state index is 12.7. The summed E-state index contributed by atoms with van der Waals surface area (Å²) in [6.45, 7) is 4.04. The van der Waals surface area contributed by atoms with Gasteiger partial charge in [0.15, 0.2) is 16.6 Å². The smallest absolute Gasteiger partial charge is 0.281 e. The fourth-order valence-electron chi connectivity index (χ4n) is 2.96. The second-order valence-corrected chi connectivity index (χ2v) is 7.17. The van der Waals surface area contributed by atoms with Crippen LogP contribution in [0.2, 0.25) is 0 Å². The summed E-state index contributed by atoms with van der Waals surface area (Å²) in [6, 6.07) is 9.57. The number of benzene rings is 1. The van der Waals surface area contributed by atoms with Gasteiger partial charge in [0.1, 0.15) is 0 Å². The minimum absolute atomic E-state index is 0.219. The van der Waals surface area contributed by atoms with Gasteiger partial charge in [0.25, 0.3) is 5.91 Å². The van der Waals surface area contributed by atoms with Gasteiger partial charge in [0.2, 0.25) is 0 Å². The third kappa shape index (κ3) is 4.22. The Kier molecular flexibility index (Phi) is 5.65. The van der Waals surface area contributed by atoms with Crippen molar-refractivity contribution in [2.75, 3.05) is 38.7 Å². The summed E-state index contributed by atoms with van der Waals surface area (Å²) in [5.74, 6) is 0.0604. The van der Waals surface area contributed by atoms with Crippen LogP contribution in [0.4, 0.5) is 5.13 Å². The van der Waals surface area contributed by atoms with Crippen molar-refractivity contribution in [3.63, 3.8) is 0 Å². The molecule has 0 radical (unpaired) electrons. The van der Waals surface area contributed by atoms with E-state index in [0.717, 1.165) is 44.2 Å². The number of carbonyl (C=O) groups excluding carboxylic acids is 1. The third-order valence-corrected chi connectivity index (χ3v) is 5.20. The number of anilines is 1. The predicted molar refractivity (Wildman–Crippen MR) is 106 cm³/mol. The highest BCUT2D eigenvalue weighted by atomic mass is 32.1. The molecule has 0 unspecified atom stereocenters. The topological polar surface area (TPSA) is 81.5 Å². The molecule has 1 N–H and O–H groups in total. The summed E-state index contributed by atoms with van der Waals surface area (Å²) in [5, 5.41) is 9.72. The molecule has 146 valence electrons. The predicted octanol–water partition coefficient (Wildman–Crippen LogP) is 2.42. The summed E-state index contributed by atoms with van der Waals surface area (Å²) in [6.07, 6.45) is 1.69. The quantitative estimate of drug-likeness (QED) is 0.686. The van der Waals surface area contributed by atoms with Gasteiger partial charge in [-0.15, -0.1) is 11.3 Å². The number of hydrogen-bond donors (Lipinski definition) is 1. The average molecular weight is 399 g/mol. The molecule has 3 aromatic rings. The fourth-order valence-corrected chi connectivity index (χ4v) is 3.66. The molecule has 1 aliphatic rings. The largest absolute Gasteiger partial charge is 0.493 e. The first-order valence-electron chi connectivity index (χ1n) is 8.98. The zero-order valence-corrected chi connectivity index (χ0v) is 16.3. The third-order valence-electron chi connectivity index (χ3n) is 4.40. The highest BCUT2D eigenvalue weighted by molar-refractivity contribution is 7.13. The monoisotopic (exact) mass is 399 g/mol. The van der Waals surface area contributed by atoms with Crippen LogP contribution in [0, 0.1) is 0 Å². The van der Waals surface area contributed by atoms with E-state index in [4.69, 9.17) is 9.47 Å². The molecular weight excluding hydrogens is 378 g/mol. The number of morpholine rings is 1. The van der Waals surface area contributed by atoms with Crippen LogP contribution in [0.5, 0.6) is 5.75 Å². The van der Waals surface area contributed by atoms with E-state index in [1.165, 1.54) is 18.4 Å². The molecule has 1 amide bonds. The van der Waals surface area contributed by atoms with Crippen molar-refractivity contribution in [2.45, 2.75) is 6.54 Å². The molecule has 1 fully saturated rings. The van der Waals surface area contributed by atoms with Crippen LogP contribution in [0.1, 0.15) is 16.2 Å². The van der Waals surface area contributed by atoms with Crippen molar-refractivity contribution >= 4 is 22.4 Å².